The number of ether oxygens (including phenoxy) is 1. The second-order valence-electron chi connectivity index (χ2n) is 7.95. The number of rotatable bonds is 2. The third-order valence-corrected chi connectivity index (χ3v) is 6.71. The molecule has 1 aromatic heterocycles. The molecule has 1 amide bonds. The van der Waals surface area contributed by atoms with E-state index in [1.54, 1.807) is 0 Å². The van der Waals surface area contributed by atoms with Crippen LogP contribution in [0.25, 0.3) is 11.3 Å². The maximum atomic E-state index is 13.1. The SMILES string of the molecule is Cc1cccc(C)c1-c1cc2nc(n1)NS(=O)(=O)c1cccc(c1)C(=O)N(C)CC(C(=O)O)O2. The number of hydrogen-bond acceptors (Lipinski definition) is 7. The van der Waals surface area contributed by atoms with Crippen LogP contribution in [0.15, 0.2) is 53.4 Å². The van der Waals surface area contributed by atoms with E-state index in [0.29, 0.717) is 5.69 Å². The number of aliphatic carboxylic acids is 1. The number of nitrogens with one attached hydrogen (secondary N) is 1. The van der Waals surface area contributed by atoms with Gasteiger partial charge < -0.3 is 14.7 Å². The van der Waals surface area contributed by atoms with Crippen molar-refractivity contribution in [2.45, 2.75) is 24.8 Å². The Morgan fingerprint density at radius 1 is 1.12 bits per heavy atom. The molecule has 2 aromatic carbocycles. The van der Waals surface area contributed by atoms with Crippen molar-refractivity contribution >= 4 is 27.8 Å². The summed E-state index contributed by atoms with van der Waals surface area (Å²) >= 11 is 0. The molecule has 0 aliphatic carbocycles. The number of amides is 1. The highest BCUT2D eigenvalue weighted by molar-refractivity contribution is 7.92. The van der Waals surface area contributed by atoms with E-state index in [-0.39, 0.29) is 28.8 Å². The quantitative estimate of drug-likeness (QED) is 0.568. The van der Waals surface area contributed by atoms with Gasteiger partial charge in [0.2, 0.25) is 17.9 Å². The highest BCUT2D eigenvalue weighted by atomic mass is 32.2. The summed E-state index contributed by atoms with van der Waals surface area (Å²) in [6, 6.07) is 12.5. The van der Waals surface area contributed by atoms with Crippen molar-refractivity contribution in [3.63, 3.8) is 0 Å². The van der Waals surface area contributed by atoms with Crippen molar-refractivity contribution in [3.8, 4) is 17.1 Å². The summed E-state index contributed by atoms with van der Waals surface area (Å²) < 4.78 is 34.1. The lowest BCUT2D eigenvalue weighted by molar-refractivity contribution is -0.145. The Kier molecular flexibility index (Phi) is 5.96. The molecule has 3 aromatic rings. The van der Waals surface area contributed by atoms with Crippen LogP contribution in [-0.4, -0.2) is 60.0 Å². The molecule has 11 heteroatoms. The molecule has 0 saturated carbocycles. The molecule has 0 radical (unpaired) electrons. The first-order valence-electron chi connectivity index (χ1n) is 10.3. The van der Waals surface area contributed by atoms with Crippen LogP contribution in [0.1, 0.15) is 21.5 Å². The van der Waals surface area contributed by atoms with E-state index >= 15 is 0 Å². The van der Waals surface area contributed by atoms with E-state index in [0.717, 1.165) is 21.6 Å². The number of benzene rings is 2. The summed E-state index contributed by atoms with van der Waals surface area (Å²) in [6.07, 6.45) is -1.46. The summed E-state index contributed by atoms with van der Waals surface area (Å²) in [7, 11) is -2.76. The van der Waals surface area contributed by atoms with E-state index in [2.05, 4.69) is 14.7 Å². The molecule has 0 fully saturated rings. The van der Waals surface area contributed by atoms with Crippen LogP contribution in [0.4, 0.5) is 5.95 Å². The lowest BCUT2D eigenvalue weighted by atomic mass is 10.00. The maximum absolute atomic E-state index is 13.1. The van der Waals surface area contributed by atoms with E-state index in [9.17, 15) is 23.1 Å². The van der Waals surface area contributed by atoms with Crippen molar-refractivity contribution in [2.75, 3.05) is 18.3 Å². The first-order chi connectivity index (χ1) is 16.0. The van der Waals surface area contributed by atoms with Crippen LogP contribution in [0.3, 0.4) is 0 Å². The summed E-state index contributed by atoms with van der Waals surface area (Å²) in [5.74, 6) is -2.30. The minimum absolute atomic E-state index is 0.0811. The molecule has 34 heavy (non-hydrogen) atoms. The van der Waals surface area contributed by atoms with E-state index in [1.807, 2.05) is 32.0 Å². The zero-order valence-corrected chi connectivity index (χ0v) is 19.5. The number of carbonyl (C=O) groups excluding carboxylic acids is 1. The van der Waals surface area contributed by atoms with Gasteiger partial charge in [-0.2, -0.15) is 4.98 Å². The second-order valence-corrected chi connectivity index (χ2v) is 9.63. The van der Waals surface area contributed by atoms with Gasteiger partial charge in [0.1, 0.15) is 0 Å². The van der Waals surface area contributed by atoms with Crippen LogP contribution >= 0.6 is 0 Å². The summed E-state index contributed by atoms with van der Waals surface area (Å²) in [6.45, 7) is 3.46. The van der Waals surface area contributed by atoms with Gasteiger partial charge in [-0.1, -0.05) is 24.3 Å². The number of hydrogen-bond donors (Lipinski definition) is 2. The van der Waals surface area contributed by atoms with E-state index in [1.165, 1.54) is 37.4 Å². The number of sulfonamides is 1. The first-order valence-corrected chi connectivity index (χ1v) is 11.8. The Morgan fingerprint density at radius 3 is 2.47 bits per heavy atom. The Balaban J connectivity index is 1.93. The Bertz CT molecular complexity index is 1390. The number of likely N-dealkylation sites (N-methyl/N-ethyl adjacent to an activating group) is 1. The molecule has 2 N–H and O–H groups in total. The number of aryl methyl sites for hydroxylation is 2. The standard InChI is InChI=1S/C23H22N4O6S/c1-13-6-4-7-14(2)20(13)17-11-19-25-23(24-17)26-34(31,32)16-9-5-8-15(10-16)21(28)27(3)12-18(33-19)22(29)30/h4-11,18H,12H2,1-3H3,(H,29,30)(H,24,25,26). The van der Waals surface area contributed by atoms with Crippen LogP contribution in [0.2, 0.25) is 0 Å². The van der Waals surface area contributed by atoms with Crippen molar-refractivity contribution in [2.24, 2.45) is 0 Å². The van der Waals surface area contributed by atoms with Gasteiger partial charge in [0, 0.05) is 24.2 Å². The molecular formula is C23H22N4O6S. The van der Waals surface area contributed by atoms with Gasteiger partial charge in [-0.05, 0) is 43.2 Å². The number of fused-ring (bicyclic) bond motifs is 4. The van der Waals surface area contributed by atoms with Gasteiger partial charge in [0.05, 0.1) is 17.1 Å². The summed E-state index contributed by atoms with van der Waals surface area (Å²) in [5, 5.41) is 9.71. The monoisotopic (exact) mass is 482 g/mol. The molecule has 1 aliphatic rings. The van der Waals surface area contributed by atoms with Gasteiger partial charge >= 0.3 is 5.97 Å². The average Bonchev–Trinajstić information content (AvgIpc) is 2.77. The smallest absolute Gasteiger partial charge is 0.346 e. The van der Waals surface area contributed by atoms with Gasteiger partial charge in [0.15, 0.2) is 0 Å². The van der Waals surface area contributed by atoms with Gasteiger partial charge in [0.25, 0.3) is 15.9 Å². The van der Waals surface area contributed by atoms with Crippen LogP contribution in [0.5, 0.6) is 5.88 Å². The van der Waals surface area contributed by atoms with E-state index in [4.69, 9.17) is 4.74 Å². The summed E-state index contributed by atoms with van der Waals surface area (Å²) in [4.78, 5) is 34.2. The van der Waals surface area contributed by atoms with Gasteiger partial charge in [-0.3, -0.25) is 4.79 Å². The number of carbonyl (C=O) groups is 2. The fourth-order valence-electron chi connectivity index (χ4n) is 3.72. The lowest BCUT2D eigenvalue weighted by Crippen LogP contribution is -2.41. The maximum Gasteiger partial charge on any atom is 0.346 e. The number of carboxylic acid groups (broad SMARTS) is 1. The topological polar surface area (TPSA) is 139 Å². The first kappa shape index (κ1) is 23.2. The van der Waals surface area contributed by atoms with Crippen molar-refractivity contribution in [1.29, 1.82) is 0 Å². The largest absolute Gasteiger partial charge is 0.478 e. The highest BCUT2D eigenvalue weighted by Gasteiger charge is 2.28. The lowest BCUT2D eigenvalue weighted by Gasteiger charge is -2.22. The molecule has 4 bridgehead atoms. The van der Waals surface area contributed by atoms with Crippen molar-refractivity contribution < 1.29 is 27.9 Å². The molecule has 176 valence electrons. The van der Waals surface area contributed by atoms with Crippen LogP contribution < -0.4 is 9.46 Å². The fourth-order valence-corrected chi connectivity index (χ4v) is 4.71. The Morgan fingerprint density at radius 2 is 1.79 bits per heavy atom. The minimum atomic E-state index is -4.17. The minimum Gasteiger partial charge on any atom is -0.478 e. The molecule has 1 atom stereocenters. The van der Waals surface area contributed by atoms with Crippen molar-refractivity contribution in [1.82, 2.24) is 14.9 Å². The number of nitrogens with zero attached hydrogens (tertiary/aromatic N) is 3. The molecule has 2 heterocycles. The third-order valence-electron chi connectivity index (χ3n) is 5.38. The predicted octanol–water partition coefficient (Wildman–Crippen LogP) is 2.48. The summed E-state index contributed by atoms with van der Waals surface area (Å²) in [5.41, 5.74) is 2.93. The number of anilines is 1. The van der Waals surface area contributed by atoms with E-state index < -0.39 is 28.0 Å². The highest BCUT2D eigenvalue weighted by Crippen LogP contribution is 2.30. The van der Waals surface area contributed by atoms with Gasteiger partial charge in [-0.25, -0.2) is 22.9 Å². The molecule has 0 saturated heterocycles. The number of carboxylic acids is 1. The van der Waals surface area contributed by atoms with Crippen LogP contribution in [0, 0.1) is 13.8 Å². The molecule has 0 spiro atoms. The zero-order chi connectivity index (χ0) is 24.6. The average molecular weight is 483 g/mol. The zero-order valence-electron chi connectivity index (χ0n) is 18.6. The molecule has 10 nitrogen and oxygen atoms in total. The third kappa shape index (κ3) is 4.55. The fraction of sp³-hybridized carbons (Fsp3) is 0.217. The van der Waals surface area contributed by atoms with Crippen molar-refractivity contribution in [3.05, 3.63) is 65.2 Å². The molecule has 4 rings (SSSR count). The predicted molar refractivity (Wildman–Crippen MR) is 123 cm³/mol. The number of aromatic nitrogens is 2. The van der Waals surface area contributed by atoms with Gasteiger partial charge in [-0.15, -0.1) is 0 Å². The normalized spacial score (nSPS) is 17.4. The Hall–Kier alpha value is -3.99. The Labute approximate surface area is 196 Å². The molecule has 1 aliphatic heterocycles. The molecular weight excluding hydrogens is 460 g/mol. The second kappa shape index (κ2) is 8.75. The molecule has 1 unspecified atom stereocenters. The van der Waals surface area contributed by atoms with Crippen LogP contribution in [-0.2, 0) is 14.8 Å².